The lowest BCUT2D eigenvalue weighted by Gasteiger charge is -2.15. The molecule has 1 aromatic heterocycles. The van der Waals surface area contributed by atoms with E-state index in [0.29, 0.717) is 6.10 Å². The summed E-state index contributed by atoms with van der Waals surface area (Å²) in [5.74, 6) is 0.764. The minimum atomic E-state index is 0.314. The summed E-state index contributed by atoms with van der Waals surface area (Å²) in [5, 5.41) is 0. The highest BCUT2D eigenvalue weighted by atomic mass is 16.5. The molecule has 2 nitrogen and oxygen atoms in total. The third-order valence-electron chi connectivity index (χ3n) is 2.69. The van der Waals surface area contributed by atoms with Crippen LogP contribution in [0.25, 0.3) is 0 Å². The molecule has 90 valence electrons. The number of hydrogen-bond donors (Lipinski definition) is 0. The van der Waals surface area contributed by atoms with E-state index in [1.807, 2.05) is 12.3 Å². The van der Waals surface area contributed by atoms with Crippen LogP contribution in [0.2, 0.25) is 0 Å². The van der Waals surface area contributed by atoms with Gasteiger partial charge in [-0.2, -0.15) is 0 Å². The zero-order valence-corrected chi connectivity index (χ0v) is 10.7. The van der Waals surface area contributed by atoms with Gasteiger partial charge in [-0.3, -0.25) is 0 Å². The van der Waals surface area contributed by atoms with Gasteiger partial charge < -0.3 is 4.74 Å². The molecular formula is C14H23NO. The van der Waals surface area contributed by atoms with E-state index in [4.69, 9.17) is 4.74 Å². The van der Waals surface area contributed by atoms with Gasteiger partial charge in [0.2, 0.25) is 5.88 Å². The summed E-state index contributed by atoms with van der Waals surface area (Å²) in [6.07, 6.45) is 7.81. The third-order valence-corrected chi connectivity index (χ3v) is 2.69. The van der Waals surface area contributed by atoms with Crippen LogP contribution >= 0.6 is 0 Å². The number of hydrogen-bond acceptors (Lipinski definition) is 2. The standard InChI is InChI=1S/C14H23NO/c1-4-7-12-9-10-14(15-11-12)16-13(6-3)8-5-2/h9-11,13H,4-8H2,1-3H3. The second kappa shape index (κ2) is 7.26. The molecule has 0 saturated heterocycles. The van der Waals surface area contributed by atoms with Gasteiger partial charge in [-0.1, -0.05) is 39.7 Å². The van der Waals surface area contributed by atoms with E-state index < -0.39 is 0 Å². The zero-order valence-electron chi connectivity index (χ0n) is 10.7. The molecule has 1 rings (SSSR count). The van der Waals surface area contributed by atoms with E-state index in [1.165, 1.54) is 5.56 Å². The molecule has 1 atom stereocenters. The molecule has 1 heterocycles. The van der Waals surface area contributed by atoms with E-state index >= 15 is 0 Å². The van der Waals surface area contributed by atoms with Gasteiger partial charge in [0, 0.05) is 12.3 Å². The molecule has 1 aromatic rings. The molecule has 0 radical (unpaired) electrons. The summed E-state index contributed by atoms with van der Waals surface area (Å²) >= 11 is 0. The molecule has 0 aliphatic rings. The maximum Gasteiger partial charge on any atom is 0.213 e. The van der Waals surface area contributed by atoms with Crippen molar-refractivity contribution in [1.29, 1.82) is 0 Å². The van der Waals surface area contributed by atoms with Gasteiger partial charge in [-0.15, -0.1) is 0 Å². The van der Waals surface area contributed by atoms with E-state index in [-0.39, 0.29) is 0 Å². The van der Waals surface area contributed by atoms with Gasteiger partial charge in [-0.25, -0.2) is 4.98 Å². The Balaban J connectivity index is 2.53. The largest absolute Gasteiger partial charge is 0.474 e. The number of nitrogens with zero attached hydrogens (tertiary/aromatic N) is 1. The molecule has 0 bridgehead atoms. The van der Waals surface area contributed by atoms with Crippen molar-refractivity contribution in [3.05, 3.63) is 23.9 Å². The first-order valence-electron chi connectivity index (χ1n) is 6.41. The van der Waals surface area contributed by atoms with Gasteiger partial charge in [0.25, 0.3) is 0 Å². The number of aromatic nitrogens is 1. The summed E-state index contributed by atoms with van der Waals surface area (Å²) in [6.45, 7) is 6.52. The fourth-order valence-corrected chi connectivity index (χ4v) is 1.76. The molecular weight excluding hydrogens is 198 g/mol. The minimum absolute atomic E-state index is 0.314. The van der Waals surface area contributed by atoms with Gasteiger partial charge in [0.15, 0.2) is 0 Å². The second-order valence-corrected chi connectivity index (χ2v) is 4.19. The Hall–Kier alpha value is -1.05. The molecule has 0 saturated carbocycles. The van der Waals surface area contributed by atoms with Crippen molar-refractivity contribution in [3.63, 3.8) is 0 Å². The fourth-order valence-electron chi connectivity index (χ4n) is 1.76. The highest BCUT2D eigenvalue weighted by Gasteiger charge is 2.07. The monoisotopic (exact) mass is 221 g/mol. The normalized spacial score (nSPS) is 12.4. The maximum absolute atomic E-state index is 5.83. The number of ether oxygens (including phenoxy) is 1. The smallest absolute Gasteiger partial charge is 0.213 e. The van der Waals surface area contributed by atoms with E-state index in [2.05, 4.69) is 31.8 Å². The summed E-state index contributed by atoms with van der Waals surface area (Å²) in [6, 6.07) is 4.10. The lowest BCUT2D eigenvalue weighted by atomic mass is 10.1. The third kappa shape index (κ3) is 4.21. The minimum Gasteiger partial charge on any atom is -0.474 e. The summed E-state index contributed by atoms with van der Waals surface area (Å²) in [5.41, 5.74) is 1.29. The fraction of sp³-hybridized carbons (Fsp3) is 0.643. The van der Waals surface area contributed by atoms with Gasteiger partial charge >= 0.3 is 0 Å². The number of pyridine rings is 1. The van der Waals surface area contributed by atoms with Crippen molar-refractivity contribution in [3.8, 4) is 5.88 Å². The Morgan fingerprint density at radius 1 is 1.19 bits per heavy atom. The second-order valence-electron chi connectivity index (χ2n) is 4.19. The molecule has 0 spiro atoms. The molecule has 0 fully saturated rings. The molecule has 1 unspecified atom stereocenters. The average molecular weight is 221 g/mol. The Morgan fingerprint density at radius 2 is 2.00 bits per heavy atom. The van der Waals surface area contributed by atoms with E-state index in [1.54, 1.807) is 0 Å². The maximum atomic E-state index is 5.83. The van der Waals surface area contributed by atoms with Gasteiger partial charge in [0.05, 0.1) is 0 Å². The quantitative estimate of drug-likeness (QED) is 0.694. The van der Waals surface area contributed by atoms with Crippen LogP contribution in [0.15, 0.2) is 18.3 Å². The molecule has 16 heavy (non-hydrogen) atoms. The van der Waals surface area contributed by atoms with E-state index in [9.17, 15) is 0 Å². The predicted octanol–water partition coefficient (Wildman–Crippen LogP) is 3.99. The molecule has 0 aliphatic carbocycles. The van der Waals surface area contributed by atoms with Crippen molar-refractivity contribution in [1.82, 2.24) is 4.98 Å². The highest BCUT2D eigenvalue weighted by Crippen LogP contribution is 2.14. The SMILES string of the molecule is CCCc1ccc(OC(CC)CCC)nc1. The van der Waals surface area contributed by atoms with Crippen LogP contribution in [-0.2, 0) is 6.42 Å². The Morgan fingerprint density at radius 3 is 2.50 bits per heavy atom. The molecule has 0 N–H and O–H groups in total. The molecule has 0 amide bonds. The number of aryl methyl sites for hydroxylation is 1. The van der Waals surface area contributed by atoms with Crippen molar-refractivity contribution in [2.75, 3.05) is 0 Å². The molecule has 0 aliphatic heterocycles. The lowest BCUT2D eigenvalue weighted by Crippen LogP contribution is -2.15. The first-order valence-corrected chi connectivity index (χ1v) is 6.41. The molecule has 2 heteroatoms. The summed E-state index contributed by atoms with van der Waals surface area (Å²) in [4.78, 5) is 4.35. The lowest BCUT2D eigenvalue weighted by molar-refractivity contribution is 0.178. The van der Waals surface area contributed by atoms with Crippen molar-refractivity contribution in [2.24, 2.45) is 0 Å². The van der Waals surface area contributed by atoms with Crippen LogP contribution in [0.3, 0.4) is 0 Å². The van der Waals surface area contributed by atoms with Crippen molar-refractivity contribution < 1.29 is 4.74 Å². The van der Waals surface area contributed by atoms with Crippen molar-refractivity contribution >= 4 is 0 Å². The highest BCUT2D eigenvalue weighted by molar-refractivity contribution is 5.18. The van der Waals surface area contributed by atoms with Crippen LogP contribution in [0.5, 0.6) is 5.88 Å². The Kier molecular flexibility index (Phi) is 5.91. The number of rotatable bonds is 7. The topological polar surface area (TPSA) is 22.1 Å². The van der Waals surface area contributed by atoms with Crippen LogP contribution in [0.4, 0.5) is 0 Å². The first-order chi connectivity index (χ1) is 7.80. The summed E-state index contributed by atoms with van der Waals surface area (Å²) in [7, 11) is 0. The van der Waals surface area contributed by atoms with Crippen LogP contribution in [-0.4, -0.2) is 11.1 Å². The first kappa shape index (κ1) is 13.0. The van der Waals surface area contributed by atoms with Crippen LogP contribution in [0, 0.1) is 0 Å². The van der Waals surface area contributed by atoms with Gasteiger partial charge in [0.1, 0.15) is 6.10 Å². The predicted molar refractivity (Wildman–Crippen MR) is 67.8 cm³/mol. The molecule has 0 aromatic carbocycles. The van der Waals surface area contributed by atoms with E-state index in [0.717, 1.165) is 38.0 Å². The van der Waals surface area contributed by atoms with Crippen LogP contribution in [0.1, 0.15) is 52.0 Å². The van der Waals surface area contributed by atoms with Gasteiger partial charge in [-0.05, 0) is 24.8 Å². The summed E-state index contributed by atoms with van der Waals surface area (Å²) < 4.78 is 5.83. The van der Waals surface area contributed by atoms with Crippen LogP contribution < -0.4 is 4.74 Å². The zero-order chi connectivity index (χ0) is 11.8. The Bertz CT molecular complexity index is 281. The Labute approximate surface area is 99.0 Å². The average Bonchev–Trinajstić information content (AvgIpc) is 2.31. The van der Waals surface area contributed by atoms with Crippen molar-refractivity contribution in [2.45, 2.75) is 59.0 Å².